The number of carbonyl (C=O) groups excluding carboxylic acids is 1. The molecule has 0 aliphatic heterocycles. The summed E-state index contributed by atoms with van der Waals surface area (Å²) >= 11 is 6.14. The molecule has 0 bridgehead atoms. The Balaban J connectivity index is 1.72. The van der Waals surface area contributed by atoms with Crippen molar-refractivity contribution in [3.8, 4) is 0 Å². The molecule has 0 saturated heterocycles. The van der Waals surface area contributed by atoms with Crippen molar-refractivity contribution in [1.29, 1.82) is 0 Å². The highest BCUT2D eigenvalue weighted by atomic mass is 35.5. The van der Waals surface area contributed by atoms with Gasteiger partial charge in [0.2, 0.25) is 0 Å². The van der Waals surface area contributed by atoms with Gasteiger partial charge in [-0.2, -0.15) is 5.10 Å². The van der Waals surface area contributed by atoms with Crippen LogP contribution in [-0.2, 0) is 6.54 Å². The van der Waals surface area contributed by atoms with Gasteiger partial charge in [-0.1, -0.05) is 41.9 Å². The third-order valence-corrected chi connectivity index (χ3v) is 4.47. The average Bonchev–Trinajstić information content (AvgIpc) is 2.71. The van der Waals surface area contributed by atoms with E-state index in [1.54, 1.807) is 42.6 Å². The molecule has 2 aromatic carbocycles. The molecule has 0 atom stereocenters. The highest BCUT2D eigenvalue weighted by Gasteiger charge is 2.12. The van der Waals surface area contributed by atoms with Crippen LogP contribution in [0.4, 0.5) is 0 Å². The molecule has 0 spiro atoms. The summed E-state index contributed by atoms with van der Waals surface area (Å²) in [4.78, 5) is 35.8. The maximum atomic E-state index is 12.6. The van der Waals surface area contributed by atoms with Crippen molar-refractivity contribution in [3.63, 3.8) is 0 Å². The average molecular weight is 410 g/mol. The number of benzene rings is 2. The topological polar surface area (TPSA) is 101 Å². The van der Waals surface area contributed by atoms with Crippen LogP contribution in [0.2, 0.25) is 5.02 Å². The first-order valence-corrected chi connectivity index (χ1v) is 8.93. The zero-order valence-electron chi connectivity index (χ0n) is 15.1. The van der Waals surface area contributed by atoms with Crippen molar-refractivity contribution in [2.24, 2.45) is 5.10 Å². The van der Waals surface area contributed by atoms with Crippen LogP contribution in [0, 0.1) is 0 Å². The quantitative estimate of drug-likeness (QED) is 0.482. The standard InChI is InChI=1S/C21H16ClN3O4/c22-18-6-2-1-4-16(18)13-25-11-3-5-17(20(25)27)19(26)24-23-12-14-7-9-15(10-8-14)21(28)29/h1-12H,13H2,(H,24,26)(H,28,29)/b23-12-. The van der Waals surface area contributed by atoms with E-state index in [1.807, 2.05) is 6.07 Å². The molecular formula is C21H16ClN3O4. The van der Waals surface area contributed by atoms with Crippen LogP contribution < -0.4 is 11.0 Å². The van der Waals surface area contributed by atoms with Crippen LogP contribution in [0.5, 0.6) is 0 Å². The summed E-state index contributed by atoms with van der Waals surface area (Å²) in [6, 6.07) is 16.1. The number of nitrogens with one attached hydrogen (secondary N) is 1. The number of rotatable bonds is 6. The van der Waals surface area contributed by atoms with Gasteiger partial charge in [-0.25, -0.2) is 10.2 Å². The fourth-order valence-corrected chi connectivity index (χ4v) is 2.78. The lowest BCUT2D eigenvalue weighted by Crippen LogP contribution is -2.31. The number of halogens is 1. The van der Waals surface area contributed by atoms with Gasteiger partial charge in [-0.3, -0.25) is 9.59 Å². The summed E-state index contributed by atoms with van der Waals surface area (Å²) in [6.45, 7) is 0.235. The summed E-state index contributed by atoms with van der Waals surface area (Å²) in [7, 11) is 0. The number of aromatic carboxylic acids is 1. The number of hydrogen-bond donors (Lipinski definition) is 2. The summed E-state index contributed by atoms with van der Waals surface area (Å²) < 4.78 is 1.39. The third-order valence-electron chi connectivity index (χ3n) is 4.10. The van der Waals surface area contributed by atoms with Crippen LogP contribution in [0.3, 0.4) is 0 Å². The van der Waals surface area contributed by atoms with Crippen LogP contribution in [0.1, 0.15) is 31.8 Å². The summed E-state index contributed by atoms with van der Waals surface area (Å²) in [5.41, 5.74) is 3.28. The van der Waals surface area contributed by atoms with Crippen molar-refractivity contribution in [2.45, 2.75) is 6.54 Å². The third kappa shape index (κ3) is 4.97. The van der Waals surface area contributed by atoms with Gasteiger partial charge < -0.3 is 9.67 Å². The molecule has 1 heterocycles. The number of carboxylic acids is 1. The molecule has 0 unspecified atom stereocenters. The van der Waals surface area contributed by atoms with Gasteiger partial charge in [0.25, 0.3) is 11.5 Å². The van der Waals surface area contributed by atoms with Gasteiger partial charge in [0.05, 0.1) is 18.3 Å². The molecule has 8 heteroatoms. The number of hydrazone groups is 1. The van der Waals surface area contributed by atoms with E-state index in [0.29, 0.717) is 10.6 Å². The molecule has 0 saturated carbocycles. The van der Waals surface area contributed by atoms with Crippen LogP contribution in [0.25, 0.3) is 0 Å². The van der Waals surface area contributed by atoms with E-state index >= 15 is 0 Å². The molecule has 0 radical (unpaired) electrons. The SMILES string of the molecule is O=C(O)c1ccc(/C=N\NC(=O)c2cccn(Cc3ccccc3Cl)c2=O)cc1. The molecule has 0 aliphatic carbocycles. The first-order chi connectivity index (χ1) is 14.0. The van der Waals surface area contributed by atoms with Crippen LogP contribution in [0.15, 0.2) is 76.8 Å². The Labute approximate surface area is 170 Å². The minimum Gasteiger partial charge on any atom is -0.478 e. The molecule has 2 N–H and O–H groups in total. The number of pyridine rings is 1. The Hall–Kier alpha value is -3.71. The molecule has 146 valence electrons. The minimum atomic E-state index is -1.03. The predicted molar refractivity (Wildman–Crippen MR) is 110 cm³/mol. The molecule has 29 heavy (non-hydrogen) atoms. The smallest absolute Gasteiger partial charge is 0.335 e. The number of carbonyl (C=O) groups is 2. The van der Waals surface area contributed by atoms with E-state index in [9.17, 15) is 14.4 Å². The number of nitrogens with zero attached hydrogens (tertiary/aromatic N) is 2. The van der Waals surface area contributed by atoms with E-state index in [0.717, 1.165) is 5.56 Å². The van der Waals surface area contributed by atoms with Gasteiger partial charge in [0.15, 0.2) is 0 Å². The fraction of sp³-hybridized carbons (Fsp3) is 0.0476. The highest BCUT2D eigenvalue weighted by molar-refractivity contribution is 6.31. The Morgan fingerprint density at radius 2 is 1.79 bits per heavy atom. The second-order valence-corrected chi connectivity index (χ2v) is 6.48. The Bertz CT molecular complexity index is 1140. The van der Waals surface area contributed by atoms with Crippen molar-refractivity contribution >= 4 is 29.7 Å². The van der Waals surface area contributed by atoms with Crippen molar-refractivity contribution in [3.05, 3.63) is 104 Å². The zero-order chi connectivity index (χ0) is 20.8. The Kier molecular flexibility index (Phi) is 6.21. The first-order valence-electron chi connectivity index (χ1n) is 8.55. The number of hydrogen-bond acceptors (Lipinski definition) is 4. The van der Waals surface area contributed by atoms with Gasteiger partial charge >= 0.3 is 5.97 Å². The molecule has 1 amide bonds. The molecular weight excluding hydrogens is 394 g/mol. The van der Waals surface area contributed by atoms with Crippen molar-refractivity contribution < 1.29 is 14.7 Å². The van der Waals surface area contributed by atoms with Gasteiger partial charge in [-0.15, -0.1) is 0 Å². The predicted octanol–water partition coefficient (Wildman–Crippen LogP) is 3.01. The molecule has 7 nitrogen and oxygen atoms in total. The lowest BCUT2D eigenvalue weighted by atomic mass is 10.1. The van der Waals surface area contributed by atoms with E-state index in [2.05, 4.69) is 10.5 Å². The lowest BCUT2D eigenvalue weighted by Gasteiger charge is -2.09. The van der Waals surface area contributed by atoms with E-state index < -0.39 is 17.4 Å². The number of amides is 1. The monoisotopic (exact) mass is 409 g/mol. The second kappa shape index (κ2) is 8.99. The van der Waals surface area contributed by atoms with Crippen LogP contribution in [-0.4, -0.2) is 27.8 Å². The molecule has 3 aromatic rings. The van der Waals surface area contributed by atoms with E-state index in [4.69, 9.17) is 16.7 Å². The molecule has 0 aliphatic rings. The largest absolute Gasteiger partial charge is 0.478 e. The minimum absolute atomic E-state index is 0.0575. The summed E-state index contributed by atoms with van der Waals surface area (Å²) in [5.74, 6) is -1.68. The second-order valence-electron chi connectivity index (χ2n) is 6.07. The van der Waals surface area contributed by atoms with Gasteiger partial charge in [0, 0.05) is 11.2 Å². The highest BCUT2D eigenvalue weighted by Crippen LogP contribution is 2.15. The fourth-order valence-electron chi connectivity index (χ4n) is 2.58. The molecule has 0 fully saturated rings. The van der Waals surface area contributed by atoms with Crippen LogP contribution >= 0.6 is 11.6 Å². The van der Waals surface area contributed by atoms with E-state index in [1.165, 1.54) is 29.0 Å². The van der Waals surface area contributed by atoms with Gasteiger partial charge in [0.1, 0.15) is 5.56 Å². The molecule has 3 rings (SSSR count). The molecule has 1 aromatic heterocycles. The number of aromatic nitrogens is 1. The van der Waals surface area contributed by atoms with Gasteiger partial charge in [-0.05, 0) is 41.5 Å². The van der Waals surface area contributed by atoms with Crippen molar-refractivity contribution in [2.75, 3.05) is 0 Å². The Morgan fingerprint density at radius 1 is 1.07 bits per heavy atom. The summed E-state index contributed by atoms with van der Waals surface area (Å²) in [6.07, 6.45) is 2.93. The maximum absolute atomic E-state index is 12.6. The Morgan fingerprint density at radius 3 is 2.48 bits per heavy atom. The number of carboxylic acid groups (broad SMARTS) is 1. The first kappa shape index (κ1) is 20.0. The van der Waals surface area contributed by atoms with E-state index in [-0.39, 0.29) is 17.7 Å². The summed E-state index contributed by atoms with van der Waals surface area (Å²) in [5, 5.41) is 13.2. The normalized spacial score (nSPS) is 10.8. The maximum Gasteiger partial charge on any atom is 0.335 e. The van der Waals surface area contributed by atoms with Crippen molar-refractivity contribution in [1.82, 2.24) is 9.99 Å². The lowest BCUT2D eigenvalue weighted by molar-refractivity contribution is 0.0696. The zero-order valence-corrected chi connectivity index (χ0v) is 15.8.